The highest BCUT2D eigenvalue weighted by molar-refractivity contribution is 5.99. The van der Waals surface area contributed by atoms with Crippen LogP contribution in [0.25, 0.3) is 0 Å². The van der Waals surface area contributed by atoms with Crippen LogP contribution in [0.3, 0.4) is 0 Å². The molecule has 0 saturated carbocycles. The summed E-state index contributed by atoms with van der Waals surface area (Å²) >= 11 is 0. The van der Waals surface area contributed by atoms with E-state index in [1.165, 1.54) is 4.90 Å². The molecule has 0 aromatic rings. The summed E-state index contributed by atoms with van der Waals surface area (Å²) in [4.78, 5) is 44.8. The summed E-state index contributed by atoms with van der Waals surface area (Å²) in [5.41, 5.74) is -1.28. The number of cyclic esters (lactones) is 1. The molecule has 4 aliphatic heterocycles. The molecular weight excluding hydrogens is 448 g/mol. The summed E-state index contributed by atoms with van der Waals surface area (Å²) in [6.45, 7) is 7.03. The van der Waals surface area contributed by atoms with Crippen LogP contribution in [0.1, 0.15) is 59.3 Å². The number of nitrogens with zero attached hydrogens (tertiary/aromatic N) is 2. The molecule has 2 amide bonds. The summed E-state index contributed by atoms with van der Waals surface area (Å²) in [7, 11) is 0. The number of carbonyl (C=O) groups is 3. The van der Waals surface area contributed by atoms with Gasteiger partial charge in [0.2, 0.25) is 11.8 Å². The molecule has 0 aromatic carbocycles. The molecule has 0 aromatic heterocycles. The lowest BCUT2D eigenvalue weighted by atomic mass is 9.78. The van der Waals surface area contributed by atoms with Crippen molar-refractivity contribution in [3.8, 4) is 0 Å². The highest BCUT2D eigenvalue weighted by Gasteiger charge is 2.72. The number of esters is 1. The van der Waals surface area contributed by atoms with E-state index in [0.29, 0.717) is 19.7 Å². The van der Waals surface area contributed by atoms with Crippen LogP contribution in [0, 0.1) is 17.8 Å². The number of allylic oxidation sites excluding steroid dienone is 1. The number of hydrogen-bond donors (Lipinski definition) is 1. The van der Waals surface area contributed by atoms with E-state index in [1.54, 1.807) is 4.90 Å². The van der Waals surface area contributed by atoms with Gasteiger partial charge in [0.15, 0.2) is 0 Å². The molecule has 8 nitrogen and oxygen atoms in total. The first kappa shape index (κ1) is 25.9. The minimum Gasteiger partial charge on any atom is -0.465 e. The Balaban J connectivity index is 1.80. The lowest BCUT2D eigenvalue weighted by molar-refractivity contribution is -0.157. The van der Waals surface area contributed by atoms with E-state index in [2.05, 4.69) is 6.92 Å². The second kappa shape index (κ2) is 10.8. The van der Waals surface area contributed by atoms with E-state index in [0.717, 1.165) is 38.5 Å². The highest BCUT2D eigenvalue weighted by Crippen LogP contribution is 2.54. The summed E-state index contributed by atoms with van der Waals surface area (Å²) in [5, 5.41) is 10.3. The summed E-state index contributed by atoms with van der Waals surface area (Å²) in [6, 6.07) is -1.49. The molecule has 4 heterocycles. The molecule has 4 aliphatic rings. The van der Waals surface area contributed by atoms with Crippen molar-refractivity contribution in [2.75, 3.05) is 26.3 Å². The standard InChI is InChI=1S/C27H40N2O6/c1-4-5-9-14-28-15-11-13-27-22(21-20(35-27)12-8-6-7-10-16-34-26(21)33)24(31)29(23(27)25(28)32)19(17-30)18(2)3/h8,11-13,18-23,30H,4-7,9-10,14-17H2,1-3H3/b12-8-/t19-,20-,21+,22-,23?,27-/m0/s1. The Hall–Kier alpha value is -2.19. The first-order chi connectivity index (χ1) is 16.9. The second-order valence-corrected chi connectivity index (χ2v) is 10.6. The summed E-state index contributed by atoms with van der Waals surface area (Å²) in [6.07, 6.45) is 12.4. The predicted molar refractivity (Wildman–Crippen MR) is 130 cm³/mol. The monoisotopic (exact) mass is 488 g/mol. The van der Waals surface area contributed by atoms with Crippen LogP contribution in [0.4, 0.5) is 0 Å². The SMILES string of the molecule is CCCCCN1CC=C[C@]23O[C@H]4/C=C\CCCCOC(=O)[C@H]4[C@H]2C(=O)N([C@@H](CO)C(C)C)C3C1=O. The van der Waals surface area contributed by atoms with Gasteiger partial charge in [0.1, 0.15) is 17.6 Å². The Morgan fingerprint density at radius 3 is 2.66 bits per heavy atom. The fourth-order valence-electron chi connectivity index (χ4n) is 6.13. The molecule has 0 bridgehead atoms. The number of carbonyl (C=O) groups excluding carboxylic acids is 3. The molecule has 0 radical (unpaired) electrons. The molecule has 6 atom stereocenters. The van der Waals surface area contributed by atoms with E-state index in [1.807, 2.05) is 38.2 Å². The molecule has 194 valence electrons. The zero-order chi connectivity index (χ0) is 25.2. The van der Waals surface area contributed by atoms with E-state index in [4.69, 9.17) is 9.47 Å². The fourth-order valence-corrected chi connectivity index (χ4v) is 6.13. The van der Waals surface area contributed by atoms with Gasteiger partial charge in [-0.05, 0) is 31.6 Å². The van der Waals surface area contributed by atoms with Crippen LogP contribution in [0.15, 0.2) is 24.3 Å². The molecule has 0 aliphatic carbocycles. The maximum absolute atomic E-state index is 14.1. The number of unbranched alkanes of at least 4 members (excludes halogenated alkanes) is 2. The Morgan fingerprint density at radius 1 is 1.14 bits per heavy atom. The smallest absolute Gasteiger partial charge is 0.312 e. The second-order valence-electron chi connectivity index (χ2n) is 10.6. The van der Waals surface area contributed by atoms with Gasteiger partial charge in [-0.3, -0.25) is 14.4 Å². The zero-order valence-electron chi connectivity index (χ0n) is 21.2. The average Bonchev–Trinajstić information content (AvgIpc) is 3.21. The minimum absolute atomic E-state index is 0.0832. The largest absolute Gasteiger partial charge is 0.465 e. The summed E-state index contributed by atoms with van der Waals surface area (Å²) in [5.74, 6) is -2.74. The lowest BCUT2D eigenvalue weighted by Gasteiger charge is -2.39. The topological polar surface area (TPSA) is 96.4 Å². The van der Waals surface area contributed by atoms with Gasteiger partial charge in [-0.1, -0.05) is 57.9 Å². The first-order valence-corrected chi connectivity index (χ1v) is 13.3. The van der Waals surface area contributed by atoms with E-state index in [9.17, 15) is 19.5 Å². The van der Waals surface area contributed by atoms with Crippen LogP contribution in [-0.4, -0.2) is 82.8 Å². The Bertz CT molecular complexity index is 870. The molecule has 1 unspecified atom stereocenters. The van der Waals surface area contributed by atoms with Crippen molar-refractivity contribution in [3.05, 3.63) is 24.3 Å². The van der Waals surface area contributed by atoms with Gasteiger partial charge in [0.05, 0.1) is 31.3 Å². The third kappa shape index (κ3) is 4.55. The molecule has 35 heavy (non-hydrogen) atoms. The first-order valence-electron chi connectivity index (χ1n) is 13.3. The molecule has 2 fully saturated rings. The number of likely N-dealkylation sites (tertiary alicyclic amines) is 1. The third-order valence-corrected chi connectivity index (χ3v) is 7.97. The van der Waals surface area contributed by atoms with Gasteiger partial charge in [-0.25, -0.2) is 0 Å². The minimum atomic E-state index is -1.28. The van der Waals surface area contributed by atoms with Gasteiger partial charge in [-0.2, -0.15) is 0 Å². The number of fused-ring (bicyclic) bond motifs is 2. The van der Waals surface area contributed by atoms with Crippen molar-refractivity contribution in [1.82, 2.24) is 9.80 Å². The zero-order valence-corrected chi connectivity index (χ0v) is 21.2. The number of rotatable bonds is 7. The number of aliphatic hydroxyl groups excluding tert-OH is 1. The maximum Gasteiger partial charge on any atom is 0.312 e. The van der Waals surface area contributed by atoms with Crippen LogP contribution >= 0.6 is 0 Å². The van der Waals surface area contributed by atoms with Crippen molar-refractivity contribution in [3.63, 3.8) is 0 Å². The Morgan fingerprint density at radius 2 is 1.94 bits per heavy atom. The van der Waals surface area contributed by atoms with Gasteiger partial charge in [-0.15, -0.1) is 0 Å². The van der Waals surface area contributed by atoms with Crippen molar-refractivity contribution in [1.29, 1.82) is 0 Å². The highest BCUT2D eigenvalue weighted by atomic mass is 16.6. The van der Waals surface area contributed by atoms with Crippen LogP contribution in [0.2, 0.25) is 0 Å². The number of ether oxygens (including phenoxy) is 2. The number of aliphatic hydroxyl groups is 1. The Kier molecular flexibility index (Phi) is 8.01. The third-order valence-electron chi connectivity index (χ3n) is 7.97. The number of hydrogen-bond acceptors (Lipinski definition) is 6. The molecule has 1 N–H and O–H groups in total. The van der Waals surface area contributed by atoms with Crippen molar-refractivity contribution in [2.24, 2.45) is 17.8 Å². The predicted octanol–water partition coefficient (Wildman–Crippen LogP) is 2.46. The maximum atomic E-state index is 14.1. The molecule has 4 rings (SSSR count). The normalized spacial score (nSPS) is 34.8. The van der Waals surface area contributed by atoms with E-state index < -0.39 is 41.6 Å². The number of amides is 2. The molecule has 8 heteroatoms. The van der Waals surface area contributed by atoms with Crippen molar-refractivity contribution >= 4 is 17.8 Å². The lowest BCUT2D eigenvalue weighted by Crippen LogP contribution is -2.59. The van der Waals surface area contributed by atoms with Crippen LogP contribution in [-0.2, 0) is 23.9 Å². The Labute approximate surface area is 208 Å². The molecule has 1 spiro atoms. The van der Waals surface area contributed by atoms with E-state index >= 15 is 0 Å². The van der Waals surface area contributed by atoms with Crippen LogP contribution in [0.5, 0.6) is 0 Å². The van der Waals surface area contributed by atoms with E-state index in [-0.39, 0.29) is 24.3 Å². The van der Waals surface area contributed by atoms with Gasteiger partial charge in [0.25, 0.3) is 0 Å². The van der Waals surface area contributed by atoms with Crippen molar-refractivity contribution < 1.29 is 29.0 Å². The summed E-state index contributed by atoms with van der Waals surface area (Å²) < 4.78 is 12.2. The fraction of sp³-hybridized carbons (Fsp3) is 0.741. The molecule has 2 saturated heterocycles. The van der Waals surface area contributed by atoms with Crippen molar-refractivity contribution in [2.45, 2.75) is 83.1 Å². The van der Waals surface area contributed by atoms with Gasteiger partial charge >= 0.3 is 5.97 Å². The quantitative estimate of drug-likeness (QED) is 0.336. The average molecular weight is 489 g/mol. The van der Waals surface area contributed by atoms with Crippen LogP contribution < -0.4 is 0 Å². The molecular formula is C27H40N2O6. The van der Waals surface area contributed by atoms with Gasteiger partial charge in [0, 0.05) is 13.1 Å². The van der Waals surface area contributed by atoms with Gasteiger partial charge < -0.3 is 24.4 Å².